The second-order valence-electron chi connectivity index (χ2n) is 6.12. The molecule has 1 atom stereocenters. The zero-order valence-corrected chi connectivity index (χ0v) is 14.7. The lowest BCUT2D eigenvalue weighted by atomic mass is 10.2. The van der Waals surface area contributed by atoms with E-state index in [1.54, 1.807) is 36.4 Å². The number of phenolic OH excluding ortho intramolecular Hbond substituents is 1. The molecule has 1 fully saturated rings. The Kier molecular flexibility index (Phi) is 4.78. The van der Waals surface area contributed by atoms with Crippen molar-refractivity contribution < 1.29 is 18.3 Å². The minimum absolute atomic E-state index is 0.0995. The van der Waals surface area contributed by atoms with Crippen molar-refractivity contribution in [3.63, 3.8) is 0 Å². The van der Waals surface area contributed by atoms with Gasteiger partial charge in [0.2, 0.25) is 15.9 Å². The SMILES string of the molecule is Cc1ccc(S(=O)(=O)N2CCC[C@H]2C(=O)Nc2ccc(O)cc2)cc1. The third kappa shape index (κ3) is 3.67. The fourth-order valence-electron chi connectivity index (χ4n) is 2.91. The summed E-state index contributed by atoms with van der Waals surface area (Å²) in [6.07, 6.45) is 1.12. The number of anilines is 1. The fraction of sp³-hybridized carbons (Fsp3) is 0.278. The topological polar surface area (TPSA) is 86.7 Å². The van der Waals surface area contributed by atoms with Gasteiger partial charge in [0, 0.05) is 12.2 Å². The Balaban J connectivity index is 1.80. The average molecular weight is 360 g/mol. The van der Waals surface area contributed by atoms with Crippen LogP contribution in [0.2, 0.25) is 0 Å². The van der Waals surface area contributed by atoms with Gasteiger partial charge < -0.3 is 10.4 Å². The number of amides is 1. The highest BCUT2D eigenvalue weighted by Gasteiger charge is 2.39. The molecule has 6 nitrogen and oxygen atoms in total. The van der Waals surface area contributed by atoms with Crippen molar-refractivity contribution in [3.8, 4) is 5.75 Å². The molecule has 0 bridgehead atoms. The summed E-state index contributed by atoms with van der Waals surface area (Å²) in [4.78, 5) is 12.8. The highest BCUT2D eigenvalue weighted by Crippen LogP contribution is 2.27. The number of rotatable bonds is 4. The van der Waals surface area contributed by atoms with Gasteiger partial charge in [0.25, 0.3) is 0 Å². The molecule has 1 aliphatic heterocycles. The van der Waals surface area contributed by atoms with Gasteiger partial charge in [0.1, 0.15) is 11.8 Å². The van der Waals surface area contributed by atoms with E-state index in [1.807, 2.05) is 6.92 Å². The fourth-order valence-corrected chi connectivity index (χ4v) is 4.56. The molecule has 132 valence electrons. The lowest BCUT2D eigenvalue weighted by molar-refractivity contribution is -0.119. The molecule has 25 heavy (non-hydrogen) atoms. The summed E-state index contributed by atoms with van der Waals surface area (Å²) < 4.78 is 27.0. The van der Waals surface area contributed by atoms with Gasteiger partial charge >= 0.3 is 0 Å². The molecule has 0 radical (unpaired) electrons. The molecule has 0 saturated carbocycles. The second-order valence-corrected chi connectivity index (χ2v) is 8.01. The van der Waals surface area contributed by atoms with E-state index in [9.17, 15) is 18.3 Å². The van der Waals surface area contributed by atoms with Crippen LogP contribution < -0.4 is 5.32 Å². The number of benzene rings is 2. The quantitative estimate of drug-likeness (QED) is 0.820. The lowest BCUT2D eigenvalue weighted by Gasteiger charge is -2.23. The summed E-state index contributed by atoms with van der Waals surface area (Å²) in [5.41, 5.74) is 1.49. The molecular weight excluding hydrogens is 340 g/mol. The van der Waals surface area contributed by atoms with Crippen molar-refractivity contribution in [2.75, 3.05) is 11.9 Å². The Bertz CT molecular complexity index is 861. The zero-order valence-electron chi connectivity index (χ0n) is 13.8. The number of nitrogens with one attached hydrogen (secondary N) is 1. The minimum Gasteiger partial charge on any atom is -0.508 e. The Morgan fingerprint density at radius 2 is 1.76 bits per heavy atom. The molecular formula is C18H20N2O4S. The molecule has 0 spiro atoms. The van der Waals surface area contributed by atoms with Crippen molar-refractivity contribution in [3.05, 3.63) is 54.1 Å². The second kappa shape index (κ2) is 6.85. The standard InChI is InChI=1S/C18H20N2O4S/c1-13-4-10-16(11-5-13)25(23,24)20-12-2-3-17(20)18(22)19-14-6-8-15(21)9-7-14/h4-11,17,21H,2-3,12H2,1H3,(H,19,22)/t17-/m0/s1. The van der Waals surface area contributed by atoms with Crippen molar-refractivity contribution in [1.82, 2.24) is 4.31 Å². The summed E-state index contributed by atoms with van der Waals surface area (Å²) in [6, 6.07) is 12.0. The summed E-state index contributed by atoms with van der Waals surface area (Å²) in [7, 11) is -3.72. The zero-order chi connectivity index (χ0) is 18.0. The van der Waals surface area contributed by atoms with Crippen LogP contribution in [0, 0.1) is 6.92 Å². The maximum absolute atomic E-state index is 12.9. The number of nitrogens with zero attached hydrogens (tertiary/aromatic N) is 1. The minimum atomic E-state index is -3.72. The number of carbonyl (C=O) groups is 1. The van der Waals surface area contributed by atoms with Crippen molar-refractivity contribution in [1.29, 1.82) is 0 Å². The largest absolute Gasteiger partial charge is 0.508 e. The molecule has 0 aromatic heterocycles. The van der Waals surface area contributed by atoms with Gasteiger partial charge in [-0.1, -0.05) is 17.7 Å². The van der Waals surface area contributed by atoms with E-state index in [4.69, 9.17) is 0 Å². The molecule has 1 saturated heterocycles. The van der Waals surface area contributed by atoms with Gasteiger partial charge in [-0.25, -0.2) is 8.42 Å². The van der Waals surface area contributed by atoms with Crippen molar-refractivity contribution in [2.45, 2.75) is 30.7 Å². The smallest absolute Gasteiger partial charge is 0.243 e. The summed E-state index contributed by atoms with van der Waals surface area (Å²) >= 11 is 0. The molecule has 0 unspecified atom stereocenters. The maximum atomic E-state index is 12.9. The Morgan fingerprint density at radius 1 is 1.12 bits per heavy atom. The number of aryl methyl sites for hydroxylation is 1. The van der Waals surface area contributed by atoms with Crippen LogP contribution in [0.25, 0.3) is 0 Å². The van der Waals surface area contributed by atoms with Gasteiger partial charge in [-0.3, -0.25) is 4.79 Å². The predicted octanol–water partition coefficient (Wildman–Crippen LogP) is 2.49. The monoisotopic (exact) mass is 360 g/mol. The van der Waals surface area contributed by atoms with Crippen LogP contribution in [-0.4, -0.2) is 36.3 Å². The summed E-state index contributed by atoms with van der Waals surface area (Å²) in [5, 5.41) is 12.0. The number of hydrogen-bond donors (Lipinski definition) is 2. The van der Waals surface area contributed by atoms with Gasteiger partial charge in [-0.2, -0.15) is 4.31 Å². The summed E-state index contributed by atoms with van der Waals surface area (Å²) in [6.45, 7) is 2.21. The van der Waals surface area contributed by atoms with Gasteiger partial charge in [0.15, 0.2) is 0 Å². The lowest BCUT2D eigenvalue weighted by Crippen LogP contribution is -2.43. The molecule has 1 amide bonds. The van der Waals surface area contributed by atoms with Gasteiger partial charge in [0.05, 0.1) is 4.90 Å². The third-order valence-electron chi connectivity index (χ3n) is 4.27. The number of phenols is 1. The first-order valence-corrected chi connectivity index (χ1v) is 9.50. The molecule has 0 aliphatic carbocycles. The van der Waals surface area contributed by atoms with Crippen LogP contribution in [0.1, 0.15) is 18.4 Å². The van der Waals surface area contributed by atoms with E-state index in [0.717, 1.165) is 5.56 Å². The number of hydrogen-bond acceptors (Lipinski definition) is 4. The van der Waals surface area contributed by atoms with E-state index >= 15 is 0 Å². The first-order chi connectivity index (χ1) is 11.9. The van der Waals surface area contributed by atoms with Gasteiger partial charge in [-0.15, -0.1) is 0 Å². The molecule has 3 rings (SSSR count). The van der Waals surface area contributed by atoms with E-state index in [2.05, 4.69) is 5.32 Å². The summed E-state index contributed by atoms with van der Waals surface area (Å²) in [5.74, 6) is -0.263. The molecule has 7 heteroatoms. The van der Waals surface area contributed by atoms with Crippen LogP contribution >= 0.6 is 0 Å². The molecule has 1 aliphatic rings. The normalized spacial score (nSPS) is 18.2. The number of aromatic hydroxyl groups is 1. The number of carbonyl (C=O) groups excluding carboxylic acids is 1. The Hall–Kier alpha value is -2.38. The molecule has 2 aromatic rings. The van der Waals surface area contributed by atoms with E-state index in [1.165, 1.54) is 16.4 Å². The first-order valence-electron chi connectivity index (χ1n) is 8.06. The van der Waals surface area contributed by atoms with Gasteiger partial charge in [-0.05, 0) is 56.2 Å². The van der Waals surface area contributed by atoms with Crippen LogP contribution in [-0.2, 0) is 14.8 Å². The van der Waals surface area contributed by atoms with E-state index < -0.39 is 16.1 Å². The van der Waals surface area contributed by atoms with Crippen LogP contribution in [0.5, 0.6) is 5.75 Å². The predicted molar refractivity (Wildman–Crippen MR) is 94.8 cm³/mol. The molecule has 2 N–H and O–H groups in total. The Labute approximate surface area is 147 Å². The van der Waals surface area contributed by atoms with E-state index in [0.29, 0.717) is 25.1 Å². The Morgan fingerprint density at radius 3 is 2.40 bits per heavy atom. The van der Waals surface area contributed by atoms with Crippen LogP contribution in [0.4, 0.5) is 5.69 Å². The van der Waals surface area contributed by atoms with Crippen LogP contribution in [0.3, 0.4) is 0 Å². The number of sulfonamides is 1. The molecule has 1 heterocycles. The molecule has 2 aromatic carbocycles. The third-order valence-corrected chi connectivity index (χ3v) is 6.19. The first kappa shape index (κ1) is 17.4. The highest BCUT2D eigenvalue weighted by molar-refractivity contribution is 7.89. The van der Waals surface area contributed by atoms with Crippen molar-refractivity contribution in [2.24, 2.45) is 0 Å². The van der Waals surface area contributed by atoms with Crippen molar-refractivity contribution >= 4 is 21.6 Å². The van der Waals surface area contributed by atoms with E-state index in [-0.39, 0.29) is 16.6 Å². The highest BCUT2D eigenvalue weighted by atomic mass is 32.2. The maximum Gasteiger partial charge on any atom is 0.243 e. The average Bonchev–Trinajstić information content (AvgIpc) is 3.08. The van der Waals surface area contributed by atoms with Crippen LogP contribution in [0.15, 0.2) is 53.4 Å².